The highest BCUT2D eigenvalue weighted by Crippen LogP contribution is 2.22. The maximum absolute atomic E-state index is 4.09. The van der Waals surface area contributed by atoms with Crippen LogP contribution in [0, 0.1) is 0 Å². The average molecular weight is 241 g/mol. The van der Waals surface area contributed by atoms with E-state index in [0.29, 0.717) is 6.04 Å². The second-order valence-corrected chi connectivity index (χ2v) is 4.31. The molecule has 0 aromatic carbocycles. The fraction of sp³-hybridized carbons (Fsp3) is 0.500. The van der Waals surface area contributed by atoms with E-state index in [-0.39, 0.29) is 0 Å². The molecule has 1 N–H and O–H groups in total. The normalized spacial score (nSPS) is 17.6. The van der Waals surface area contributed by atoms with Gasteiger partial charge in [0.2, 0.25) is 0 Å². The number of rotatable bonds is 2. The predicted octanol–water partition coefficient (Wildman–Crippen LogP) is 3.20. The third kappa shape index (κ3) is 2.44. The fourth-order valence-electron chi connectivity index (χ4n) is 1.80. The van der Waals surface area contributed by atoms with Crippen LogP contribution in [0.4, 0.5) is 5.69 Å². The molecule has 0 atom stereocenters. The van der Waals surface area contributed by atoms with Crippen LogP contribution in [0.25, 0.3) is 0 Å². The standard InChI is InChI=1S/C10H13BrN2/c11-10-7-9(5-6-12-10)13-8-3-1-2-4-8/h5-8H,1-4H2,(H,12,13). The zero-order valence-corrected chi connectivity index (χ0v) is 9.05. The molecule has 1 aliphatic rings. The van der Waals surface area contributed by atoms with Gasteiger partial charge in [-0.1, -0.05) is 12.8 Å². The molecule has 2 nitrogen and oxygen atoms in total. The number of hydrogen-bond acceptors (Lipinski definition) is 2. The van der Waals surface area contributed by atoms with E-state index >= 15 is 0 Å². The van der Waals surface area contributed by atoms with E-state index < -0.39 is 0 Å². The summed E-state index contributed by atoms with van der Waals surface area (Å²) in [5.74, 6) is 0. The molecule has 0 spiro atoms. The molecule has 1 aromatic heterocycles. The Morgan fingerprint density at radius 2 is 2.15 bits per heavy atom. The van der Waals surface area contributed by atoms with Crippen LogP contribution in [0.15, 0.2) is 22.9 Å². The Morgan fingerprint density at radius 1 is 1.38 bits per heavy atom. The first-order valence-corrected chi connectivity index (χ1v) is 5.52. The van der Waals surface area contributed by atoms with E-state index in [4.69, 9.17) is 0 Å². The molecule has 0 radical (unpaired) electrons. The summed E-state index contributed by atoms with van der Waals surface area (Å²) in [5, 5.41) is 3.51. The van der Waals surface area contributed by atoms with Crippen molar-refractivity contribution in [2.24, 2.45) is 0 Å². The maximum atomic E-state index is 4.09. The Morgan fingerprint density at radius 3 is 2.85 bits per heavy atom. The highest BCUT2D eigenvalue weighted by molar-refractivity contribution is 9.10. The third-order valence-corrected chi connectivity index (χ3v) is 2.89. The minimum atomic E-state index is 0.675. The zero-order valence-electron chi connectivity index (χ0n) is 7.46. The molecule has 1 aliphatic carbocycles. The summed E-state index contributed by atoms with van der Waals surface area (Å²) in [4.78, 5) is 4.09. The number of nitrogens with zero attached hydrogens (tertiary/aromatic N) is 1. The smallest absolute Gasteiger partial charge is 0.108 e. The second-order valence-electron chi connectivity index (χ2n) is 3.49. The third-order valence-electron chi connectivity index (χ3n) is 2.45. The van der Waals surface area contributed by atoms with Gasteiger partial charge in [-0.25, -0.2) is 4.98 Å². The number of nitrogens with one attached hydrogen (secondary N) is 1. The first-order chi connectivity index (χ1) is 6.34. The van der Waals surface area contributed by atoms with Crippen LogP contribution >= 0.6 is 15.9 Å². The van der Waals surface area contributed by atoms with E-state index in [1.165, 1.54) is 31.4 Å². The van der Waals surface area contributed by atoms with Crippen molar-refractivity contribution in [1.82, 2.24) is 4.98 Å². The molecule has 0 amide bonds. The molecule has 2 rings (SSSR count). The molecule has 0 bridgehead atoms. The quantitative estimate of drug-likeness (QED) is 0.804. The van der Waals surface area contributed by atoms with Crippen LogP contribution in [-0.4, -0.2) is 11.0 Å². The number of pyridine rings is 1. The minimum Gasteiger partial charge on any atom is -0.382 e. The summed E-state index contributed by atoms with van der Waals surface area (Å²) in [6.45, 7) is 0. The zero-order chi connectivity index (χ0) is 9.10. The number of halogens is 1. The Hall–Kier alpha value is -0.570. The van der Waals surface area contributed by atoms with Crippen molar-refractivity contribution >= 4 is 21.6 Å². The van der Waals surface area contributed by atoms with Crippen LogP contribution < -0.4 is 5.32 Å². The number of anilines is 1. The van der Waals surface area contributed by atoms with E-state index in [0.717, 1.165) is 4.60 Å². The molecule has 70 valence electrons. The Labute approximate surface area is 86.9 Å². The lowest BCUT2D eigenvalue weighted by molar-refractivity contribution is 0.755. The van der Waals surface area contributed by atoms with Crippen LogP contribution in [0.2, 0.25) is 0 Å². The van der Waals surface area contributed by atoms with E-state index in [1.807, 2.05) is 18.3 Å². The lowest BCUT2D eigenvalue weighted by Crippen LogP contribution is -2.14. The molecule has 0 aliphatic heterocycles. The lowest BCUT2D eigenvalue weighted by atomic mass is 10.2. The highest BCUT2D eigenvalue weighted by atomic mass is 79.9. The van der Waals surface area contributed by atoms with Crippen LogP contribution in [-0.2, 0) is 0 Å². The number of aromatic nitrogens is 1. The Bertz CT molecular complexity index is 282. The van der Waals surface area contributed by atoms with E-state index in [2.05, 4.69) is 26.2 Å². The second kappa shape index (κ2) is 4.09. The van der Waals surface area contributed by atoms with Gasteiger partial charge in [0.25, 0.3) is 0 Å². The molecule has 0 unspecified atom stereocenters. The monoisotopic (exact) mass is 240 g/mol. The SMILES string of the molecule is Brc1cc(NC2CCCC2)ccn1. The fourth-order valence-corrected chi connectivity index (χ4v) is 2.16. The van der Waals surface area contributed by atoms with Gasteiger partial charge in [0.05, 0.1) is 0 Å². The summed E-state index contributed by atoms with van der Waals surface area (Å²) in [5.41, 5.74) is 1.17. The van der Waals surface area contributed by atoms with E-state index in [9.17, 15) is 0 Å². The van der Waals surface area contributed by atoms with Crippen molar-refractivity contribution in [3.63, 3.8) is 0 Å². The maximum Gasteiger partial charge on any atom is 0.108 e. The van der Waals surface area contributed by atoms with Gasteiger partial charge in [0.1, 0.15) is 4.60 Å². The van der Waals surface area contributed by atoms with Gasteiger partial charge >= 0.3 is 0 Å². The Kier molecular flexibility index (Phi) is 2.83. The van der Waals surface area contributed by atoms with Crippen molar-refractivity contribution in [3.8, 4) is 0 Å². The first-order valence-electron chi connectivity index (χ1n) is 4.73. The van der Waals surface area contributed by atoms with Crippen molar-refractivity contribution in [2.45, 2.75) is 31.7 Å². The molecule has 3 heteroatoms. The summed E-state index contributed by atoms with van der Waals surface area (Å²) in [6, 6.07) is 4.72. The van der Waals surface area contributed by atoms with Crippen molar-refractivity contribution in [2.75, 3.05) is 5.32 Å². The predicted molar refractivity (Wildman–Crippen MR) is 57.8 cm³/mol. The van der Waals surface area contributed by atoms with Gasteiger partial charge in [-0.2, -0.15) is 0 Å². The van der Waals surface area contributed by atoms with Gasteiger partial charge in [0, 0.05) is 17.9 Å². The Balaban J connectivity index is 2.00. The molecule has 1 fully saturated rings. The first kappa shape index (κ1) is 9.00. The summed E-state index contributed by atoms with van der Waals surface area (Å²) in [7, 11) is 0. The summed E-state index contributed by atoms with van der Waals surface area (Å²) >= 11 is 3.36. The van der Waals surface area contributed by atoms with Crippen LogP contribution in [0.5, 0.6) is 0 Å². The van der Waals surface area contributed by atoms with Gasteiger partial charge < -0.3 is 5.32 Å². The molecule has 1 aromatic rings. The van der Waals surface area contributed by atoms with Gasteiger partial charge in [-0.3, -0.25) is 0 Å². The largest absolute Gasteiger partial charge is 0.382 e. The van der Waals surface area contributed by atoms with Crippen LogP contribution in [0.3, 0.4) is 0 Å². The average Bonchev–Trinajstić information content (AvgIpc) is 2.57. The van der Waals surface area contributed by atoms with Gasteiger partial charge in [0.15, 0.2) is 0 Å². The number of hydrogen-bond donors (Lipinski definition) is 1. The lowest BCUT2D eigenvalue weighted by Gasteiger charge is -2.12. The van der Waals surface area contributed by atoms with Gasteiger partial charge in [-0.05, 0) is 40.9 Å². The molecular formula is C10H13BrN2. The van der Waals surface area contributed by atoms with Crippen LogP contribution in [0.1, 0.15) is 25.7 Å². The molecule has 1 heterocycles. The van der Waals surface area contributed by atoms with Gasteiger partial charge in [-0.15, -0.1) is 0 Å². The molecule has 1 saturated carbocycles. The molecule has 13 heavy (non-hydrogen) atoms. The van der Waals surface area contributed by atoms with Crippen molar-refractivity contribution in [1.29, 1.82) is 0 Å². The molecular weight excluding hydrogens is 228 g/mol. The van der Waals surface area contributed by atoms with E-state index in [1.54, 1.807) is 0 Å². The molecule has 0 saturated heterocycles. The van der Waals surface area contributed by atoms with Crippen molar-refractivity contribution < 1.29 is 0 Å². The topological polar surface area (TPSA) is 24.9 Å². The highest BCUT2D eigenvalue weighted by Gasteiger charge is 2.14. The summed E-state index contributed by atoms with van der Waals surface area (Å²) < 4.78 is 0.899. The minimum absolute atomic E-state index is 0.675. The summed E-state index contributed by atoms with van der Waals surface area (Å²) in [6.07, 6.45) is 7.16. The van der Waals surface area contributed by atoms with Crippen molar-refractivity contribution in [3.05, 3.63) is 22.9 Å².